The molecule has 2 aromatic heterocycles. The van der Waals surface area contributed by atoms with Crippen molar-refractivity contribution in [2.45, 2.75) is 6.04 Å². The van der Waals surface area contributed by atoms with Crippen molar-refractivity contribution in [2.75, 3.05) is 18.6 Å². The van der Waals surface area contributed by atoms with Gasteiger partial charge in [0, 0.05) is 24.9 Å². The number of hydrogen-bond donors (Lipinski definition) is 1. The Morgan fingerprint density at radius 2 is 2.00 bits per heavy atom. The summed E-state index contributed by atoms with van der Waals surface area (Å²) in [5.74, 6) is -2.72. The van der Waals surface area contributed by atoms with E-state index in [4.69, 9.17) is 27.9 Å². The van der Waals surface area contributed by atoms with Gasteiger partial charge >= 0.3 is 0 Å². The van der Waals surface area contributed by atoms with Crippen LogP contribution in [0.1, 0.15) is 10.6 Å². The standard InChI is InChI=1S/C20H13Cl2F2N5O3/c1-29-18-15(4-9(21)6-26-18)32-8-14(20(29)31)27-19(30)17-25-7-12(22)16(28-17)11-5-10(23)2-3-13(11)24/h2-7,14H,8H2,1H3,(H,27,30). The second-order valence-electron chi connectivity index (χ2n) is 6.72. The normalized spacial score (nSPS) is 15.6. The molecule has 1 aliphatic heterocycles. The number of benzene rings is 1. The highest BCUT2D eigenvalue weighted by molar-refractivity contribution is 6.33. The van der Waals surface area contributed by atoms with Crippen LogP contribution in [0.15, 0.2) is 36.7 Å². The Labute approximate surface area is 190 Å². The zero-order valence-electron chi connectivity index (χ0n) is 16.3. The van der Waals surface area contributed by atoms with E-state index < -0.39 is 35.3 Å². The maximum atomic E-state index is 14.2. The molecule has 0 radical (unpaired) electrons. The molecule has 8 nitrogen and oxygen atoms in total. The van der Waals surface area contributed by atoms with Crippen molar-refractivity contribution in [3.8, 4) is 17.0 Å². The van der Waals surface area contributed by atoms with Gasteiger partial charge in [-0.1, -0.05) is 23.2 Å². The van der Waals surface area contributed by atoms with Crippen molar-refractivity contribution in [3.63, 3.8) is 0 Å². The van der Waals surface area contributed by atoms with Crippen LogP contribution in [0.4, 0.5) is 14.6 Å². The molecule has 12 heteroatoms. The minimum absolute atomic E-state index is 0.0851. The third kappa shape index (κ3) is 4.19. The van der Waals surface area contributed by atoms with Gasteiger partial charge in [-0.15, -0.1) is 0 Å². The average Bonchev–Trinajstić information content (AvgIpc) is 2.87. The molecule has 1 atom stereocenters. The highest BCUT2D eigenvalue weighted by Gasteiger charge is 2.32. The summed E-state index contributed by atoms with van der Waals surface area (Å²) in [5, 5.41) is 2.71. The van der Waals surface area contributed by atoms with Crippen molar-refractivity contribution < 1.29 is 23.1 Å². The number of nitrogens with zero attached hydrogens (tertiary/aromatic N) is 4. The predicted octanol–water partition coefficient (Wildman–Crippen LogP) is 3.28. The molecule has 4 rings (SSSR count). The van der Waals surface area contributed by atoms with Gasteiger partial charge in [-0.3, -0.25) is 14.5 Å². The first-order valence-corrected chi connectivity index (χ1v) is 9.85. The Bertz CT molecular complexity index is 1240. The highest BCUT2D eigenvalue weighted by atomic mass is 35.5. The monoisotopic (exact) mass is 479 g/mol. The fourth-order valence-electron chi connectivity index (χ4n) is 3.02. The summed E-state index contributed by atoms with van der Waals surface area (Å²) in [6.07, 6.45) is 2.45. The van der Waals surface area contributed by atoms with Gasteiger partial charge in [0.25, 0.3) is 11.8 Å². The van der Waals surface area contributed by atoms with Gasteiger partial charge in [0.1, 0.15) is 24.3 Å². The lowest BCUT2D eigenvalue weighted by Gasteiger charge is -2.19. The second kappa shape index (κ2) is 8.64. The average molecular weight is 480 g/mol. The van der Waals surface area contributed by atoms with Crippen LogP contribution in [0.3, 0.4) is 0 Å². The zero-order valence-corrected chi connectivity index (χ0v) is 17.8. The van der Waals surface area contributed by atoms with Gasteiger partial charge in [-0.05, 0) is 18.2 Å². The first-order chi connectivity index (χ1) is 15.2. The Morgan fingerprint density at radius 1 is 1.22 bits per heavy atom. The van der Waals surface area contributed by atoms with Crippen molar-refractivity contribution in [2.24, 2.45) is 0 Å². The number of carbonyl (C=O) groups is 2. The van der Waals surface area contributed by atoms with Gasteiger partial charge in [-0.25, -0.2) is 23.7 Å². The van der Waals surface area contributed by atoms with E-state index in [-0.39, 0.29) is 34.5 Å². The number of carbonyl (C=O) groups excluding carboxylic acids is 2. The van der Waals surface area contributed by atoms with Crippen LogP contribution in [-0.2, 0) is 4.79 Å². The Balaban J connectivity index is 1.59. The number of likely N-dealkylation sites (N-methyl/N-ethyl adjacent to an activating group) is 1. The summed E-state index contributed by atoms with van der Waals surface area (Å²) < 4.78 is 33.3. The summed E-state index contributed by atoms with van der Waals surface area (Å²) in [6, 6.07) is 3.15. The van der Waals surface area contributed by atoms with Crippen molar-refractivity contribution in [3.05, 3.63) is 64.2 Å². The van der Waals surface area contributed by atoms with E-state index in [1.807, 2.05) is 0 Å². The summed E-state index contributed by atoms with van der Waals surface area (Å²) in [5.41, 5.74) is -0.408. The number of aromatic nitrogens is 3. The Morgan fingerprint density at radius 3 is 2.78 bits per heavy atom. The first-order valence-electron chi connectivity index (χ1n) is 9.09. The number of halogens is 4. The van der Waals surface area contributed by atoms with E-state index in [1.54, 1.807) is 0 Å². The molecule has 0 bridgehead atoms. The van der Waals surface area contributed by atoms with E-state index in [9.17, 15) is 18.4 Å². The van der Waals surface area contributed by atoms with Crippen LogP contribution < -0.4 is 15.0 Å². The summed E-state index contributed by atoms with van der Waals surface area (Å²) in [4.78, 5) is 38.6. The summed E-state index contributed by atoms with van der Waals surface area (Å²) in [7, 11) is 1.47. The molecule has 0 aliphatic carbocycles. The summed E-state index contributed by atoms with van der Waals surface area (Å²) >= 11 is 12.0. The number of rotatable bonds is 3. The lowest BCUT2D eigenvalue weighted by molar-refractivity contribution is -0.120. The van der Waals surface area contributed by atoms with E-state index in [0.29, 0.717) is 5.02 Å². The van der Waals surface area contributed by atoms with Crippen molar-refractivity contribution in [1.29, 1.82) is 0 Å². The molecule has 0 spiro atoms. The molecule has 164 valence electrons. The largest absolute Gasteiger partial charge is 0.487 e. The molecule has 1 aliphatic rings. The minimum atomic E-state index is -1.10. The number of hydrogen-bond acceptors (Lipinski definition) is 6. The summed E-state index contributed by atoms with van der Waals surface area (Å²) in [6.45, 7) is -0.205. The van der Waals surface area contributed by atoms with E-state index >= 15 is 0 Å². The van der Waals surface area contributed by atoms with Gasteiger partial charge in [0.15, 0.2) is 11.6 Å². The quantitative estimate of drug-likeness (QED) is 0.618. The molecule has 1 N–H and O–H groups in total. The smallest absolute Gasteiger partial charge is 0.289 e. The molecule has 2 amide bonds. The molecule has 0 saturated carbocycles. The molecule has 1 aromatic carbocycles. The van der Waals surface area contributed by atoms with E-state index in [0.717, 1.165) is 24.4 Å². The molecule has 3 aromatic rings. The number of pyridine rings is 1. The zero-order chi connectivity index (χ0) is 23.0. The van der Waals surface area contributed by atoms with Crippen LogP contribution in [0.2, 0.25) is 10.0 Å². The molecule has 3 heterocycles. The molecule has 0 saturated heterocycles. The van der Waals surface area contributed by atoms with Gasteiger partial charge in [-0.2, -0.15) is 0 Å². The number of nitrogens with one attached hydrogen (secondary N) is 1. The van der Waals surface area contributed by atoms with E-state index in [1.165, 1.54) is 24.2 Å². The lowest BCUT2D eigenvalue weighted by atomic mass is 10.1. The Hall–Kier alpha value is -3.37. The topological polar surface area (TPSA) is 97.3 Å². The first kappa shape index (κ1) is 21.8. The molecular weight excluding hydrogens is 467 g/mol. The third-order valence-corrected chi connectivity index (χ3v) is 5.07. The third-order valence-electron chi connectivity index (χ3n) is 4.59. The molecular formula is C20H13Cl2F2N5O3. The number of fused-ring (bicyclic) bond motifs is 1. The van der Waals surface area contributed by atoms with Crippen LogP contribution >= 0.6 is 23.2 Å². The van der Waals surface area contributed by atoms with Crippen LogP contribution in [0.5, 0.6) is 5.75 Å². The maximum absolute atomic E-state index is 14.2. The number of ether oxygens (including phenoxy) is 1. The maximum Gasteiger partial charge on any atom is 0.289 e. The molecule has 1 unspecified atom stereocenters. The van der Waals surface area contributed by atoms with Crippen molar-refractivity contribution >= 4 is 40.8 Å². The minimum Gasteiger partial charge on any atom is -0.487 e. The number of anilines is 1. The van der Waals surface area contributed by atoms with Crippen LogP contribution in [0, 0.1) is 11.6 Å². The van der Waals surface area contributed by atoms with Crippen molar-refractivity contribution in [1.82, 2.24) is 20.3 Å². The van der Waals surface area contributed by atoms with Gasteiger partial charge in [0.2, 0.25) is 5.82 Å². The molecule has 32 heavy (non-hydrogen) atoms. The van der Waals surface area contributed by atoms with Gasteiger partial charge in [0.05, 0.1) is 21.9 Å². The van der Waals surface area contributed by atoms with Crippen LogP contribution in [0.25, 0.3) is 11.3 Å². The lowest BCUT2D eigenvalue weighted by Crippen LogP contribution is -2.49. The fraction of sp³-hybridized carbons (Fsp3) is 0.150. The van der Waals surface area contributed by atoms with Crippen LogP contribution in [-0.4, -0.2) is 46.5 Å². The van der Waals surface area contributed by atoms with Gasteiger partial charge < -0.3 is 10.1 Å². The second-order valence-corrected chi connectivity index (χ2v) is 7.57. The van der Waals surface area contributed by atoms with E-state index in [2.05, 4.69) is 20.3 Å². The molecule has 0 fully saturated rings. The number of amides is 2. The predicted molar refractivity (Wildman–Crippen MR) is 112 cm³/mol. The Kier molecular flexibility index (Phi) is 5.90. The fourth-order valence-corrected chi connectivity index (χ4v) is 3.37. The SMILES string of the molecule is CN1C(=O)C(NC(=O)c2ncc(Cl)c(-c3cc(F)ccc3F)n2)COc2cc(Cl)cnc21. The highest BCUT2D eigenvalue weighted by Crippen LogP contribution is 2.31.